The molecule has 0 spiro atoms. The second-order valence-electron chi connectivity index (χ2n) is 2.56. The topological polar surface area (TPSA) is 70.8 Å². The third-order valence-electron chi connectivity index (χ3n) is 1.54. The van der Waals surface area contributed by atoms with E-state index in [1.54, 1.807) is 6.07 Å². The van der Waals surface area contributed by atoms with Crippen LogP contribution in [0.3, 0.4) is 0 Å². The highest BCUT2D eigenvalue weighted by Crippen LogP contribution is 2.27. The number of nitrogens with zero attached hydrogens (tertiary/aromatic N) is 2. The Labute approximate surface area is 108 Å². The van der Waals surface area contributed by atoms with Crippen molar-refractivity contribution in [3.63, 3.8) is 0 Å². The van der Waals surface area contributed by atoms with Crippen LogP contribution in [0.2, 0.25) is 0 Å². The molecule has 0 aromatic carbocycles. The lowest BCUT2D eigenvalue weighted by Crippen LogP contribution is -2.04. The van der Waals surface area contributed by atoms with Gasteiger partial charge in [0, 0.05) is 10.7 Å². The molecule has 1 heterocycles. The fourth-order valence-corrected chi connectivity index (χ4v) is 2.21. The van der Waals surface area contributed by atoms with Crippen LogP contribution >= 0.6 is 33.3 Å². The lowest BCUT2D eigenvalue weighted by molar-refractivity contribution is 0.144. The van der Waals surface area contributed by atoms with Crippen molar-refractivity contribution in [3.05, 3.63) is 20.9 Å². The van der Waals surface area contributed by atoms with Gasteiger partial charge in [0.15, 0.2) is 5.03 Å². The van der Waals surface area contributed by atoms with Gasteiger partial charge in [0.05, 0.1) is 9.13 Å². The zero-order valence-electron chi connectivity index (χ0n) is 7.29. The van der Waals surface area contributed by atoms with E-state index in [9.17, 15) is 17.2 Å². The molecule has 0 N–H and O–H groups in total. The minimum absolute atomic E-state index is 0.0841. The van der Waals surface area contributed by atoms with E-state index in [-0.39, 0.29) is 9.13 Å². The average Bonchev–Trinajstić information content (AvgIpc) is 2.15. The Morgan fingerprint density at radius 2 is 2.12 bits per heavy atom. The van der Waals surface area contributed by atoms with E-state index >= 15 is 0 Å². The maximum Gasteiger partial charge on any atom is 0.281 e. The summed E-state index contributed by atoms with van der Waals surface area (Å²) in [5.41, 5.74) is -0.969. The largest absolute Gasteiger partial charge is 0.281 e. The molecule has 0 saturated heterocycles. The van der Waals surface area contributed by atoms with Gasteiger partial charge in [-0.25, -0.2) is 22.2 Å². The van der Waals surface area contributed by atoms with Crippen LogP contribution in [-0.2, 0) is 9.05 Å². The summed E-state index contributed by atoms with van der Waals surface area (Å²) in [7, 11) is 0.735. The molecular formula is C7H2ClF2IN2O2S. The Hall–Kier alpha value is -0.530. The summed E-state index contributed by atoms with van der Waals surface area (Å²) in [5.74, 6) is 0. The molecule has 0 radical (unpaired) electrons. The van der Waals surface area contributed by atoms with Crippen LogP contribution in [-0.4, -0.2) is 13.4 Å². The van der Waals surface area contributed by atoms with E-state index in [0.717, 1.165) is 6.07 Å². The molecule has 0 atom stereocenters. The number of nitriles is 1. The first-order chi connectivity index (χ1) is 7.27. The van der Waals surface area contributed by atoms with Crippen LogP contribution in [0.1, 0.15) is 17.7 Å². The zero-order valence-corrected chi connectivity index (χ0v) is 11.0. The van der Waals surface area contributed by atoms with Crippen molar-refractivity contribution >= 4 is 42.3 Å². The molecule has 1 aromatic rings. The molecule has 0 aliphatic heterocycles. The van der Waals surface area contributed by atoms with E-state index in [4.69, 9.17) is 15.9 Å². The maximum atomic E-state index is 12.5. The monoisotopic (exact) mass is 378 g/mol. The lowest BCUT2D eigenvalue weighted by atomic mass is 10.2. The molecule has 86 valence electrons. The molecule has 0 aliphatic rings. The number of halogens is 4. The van der Waals surface area contributed by atoms with Crippen LogP contribution in [0, 0.1) is 14.9 Å². The lowest BCUT2D eigenvalue weighted by Gasteiger charge is -2.05. The molecule has 0 fully saturated rings. The summed E-state index contributed by atoms with van der Waals surface area (Å²) >= 11 is 1.50. The molecule has 1 rings (SSSR count). The minimum Gasteiger partial charge on any atom is -0.233 e. The second kappa shape index (κ2) is 4.77. The van der Waals surface area contributed by atoms with E-state index < -0.39 is 26.2 Å². The van der Waals surface area contributed by atoms with E-state index in [2.05, 4.69) is 4.98 Å². The van der Waals surface area contributed by atoms with Crippen molar-refractivity contribution in [2.45, 2.75) is 11.5 Å². The Bertz CT molecular complexity index is 570. The second-order valence-corrected chi connectivity index (χ2v) is 6.15. The number of hydrogen-bond acceptors (Lipinski definition) is 4. The van der Waals surface area contributed by atoms with Crippen LogP contribution < -0.4 is 0 Å². The Morgan fingerprint density at radius 1 is 1.56 bits per heavy atom. The first-order valence-corrected chi connectivity index (χ1v) is 6.99. The third-order valence-corrected chi connectivity index (χ3v) is 3.85. The van der Waals surface area contributed by atoms with Gasteiger partial charge in [-0.3, -0.25) is 0 Å². The zero-order chi connectivity index (χ0) is 12.5. The molecule has 0 amide bonds. The van der Waals surface area contributed by atoms with Gasteiger partial charge in [-0.2, -0.15) is 5.26 Å². The highest BCUT2D eigenvalue weighted by atomic mass is 127. The van der Waals surface area contributed by atoms with E-state index in [0.29, 0.717) is 0 Å². The van der Waals surface area contributed by atoms with Gasteiger partial charge in [0.25, 0.3) is 15.5 Å². The Balaban J connectivity index is 3.61. The summed E-state index contributed by atoms with van der Waals surface area (Å²) < 4.78 is 46.8. The number of rotatable bonds is 2. The summed E-state index contributed by atoms with van der Waals surface area (Å²) in [6.45, 7) is 0. The van der Waals surface area contributed by atoms with Gasteiger partial charge in [-0.1, -0.05) is 0 Å². The fourth-order valence-electron chi connectivity index (χ4n) is 0.876. The molecular weight excluding hydrogens is 377 g/mol. The standard InChI is InChI=1S/C7H2ClF2IN2O2S/c8-16(14,15)4-1-3(2-12)5(11)6(13-4)7(9)10/h1,7H. The number of hydrogen-bond donors (Lipinski definition) is 0. The average molecular weight is 379 g/mol. The van der Waals surface area contributed by atoms with Crippen LogP contribution in [0.5, 0.6) is 0 Å². The smallest absolute Gasteiger partial charge is 0.233 e. The number of alkyl halides is 2. The molecule has 0 unspecified atom stereocenters. The van der Waals surface area contributed by atoms with Gasteiger partial charge >= 0.3 is 0 Å². The molecule has 4 nitrogen and oxygen atoms in total. The first kappa shape index (κ1) is 13.5. The van der Waals surface area contributed by atoms with Gasteiger partial charge < -0.3 is 0 Å². The third kappa shape index (κ3) is 2.78. The summed E-state index contributed by atoms with van der Waals surface area (Å²) in [5, 5.41) is 7.90. The van der Waals surface area contributed by atoms with Crippen LogP contribution in [0.25, 0.3) is 0 Å². The van der Waals surface area contributed by atoms with Crippen LogP contribution in [0.4, 0.5) is 8.78 Å². The quantitative estimate of drug-likeness (QED) is 0.585. The number of pyridine rings is 1. The van der Waals surface area contributed by atoms with Gasteiger partial charge in [0.1, 0.15) is 11.8 Å². The highest BCUT2D eigenvalue weighted by Gasteiger charge is 2.22. The van der Waals surface area contributed by atoms with Gasteiger partial charge in [0.2, 0.25) is 0 Å². The predicted octanol–water partition coefficient (Wildman–Crippen LogP) is 2.42. The minimum atomic E-state index is -4.23. The molecule has 0 aliphatic carbocycles. The van der Waals surface area contributed by atoms with Crippen molar-refractivity contribution in [2.75, 3.05) is 0 Å². The van der Waals surface area contributed by atoms with Crippen LogP contribution in [0.15, 0.2) is 11.1 Å². The Kier molecular flexibility index (Phi) is 4.03. The van der Waals surface area contributed by atoms with Crippen molar-refractivity contribution in [1.29, 1.82) is 5.26 Å². The molecule has 9 heteroatoms. The number of aromatic nitrogens is 1. The summed E-state index contributed by atoms with van der Waals surface area (Å²) in [6.07, 6.45) is -2.97. The summed E-state index contributed by atoms with van der Waals surface area (Å²) in [4.78, 5) is 3.22. The maximum absolute atomic E-state index is 12.5. The molecule has 1 aromatic heterocycles. The van der Waals surface area contributed by atoms with E-state index in [1.807, 2.05) is 0 Å². The van der Waals surface area contributed by atoms with Crippen molar-refractivity contribution in [1.82, 2.24) is 4.98 Å². The summed E-state index contributed by atoms with van der Waals surface area (Å²) in [6, 6.07) is 2.46. The van der Waals surface area contributed by atoms with Crippen molar-refractivity contribution in [3.8, 4) is 6.07 Å². The molecule has 16 heavy (non-hydrogen) atoms. The Morgan fingerprint density at radius 3 is 2.50 bits per heavy atom. The van der Waals surface area contributed by atoms with Crippen molar-refractivity contribution < 1.29 is 17.2 Å². The highest BCUT2D eigenvalue weighted by molar-refractivity contribution is 14.1. The fraction of sp³-hybridized carbons (Fsp3) is 0.143. The van der Waals surface area contributed by atoms with Gasteiger partial charge in [-0.05, 0) is 28.7 Å². The van der Waals surface area contributed by atoms with E-state index in [1.165, 1.54) is 22.6 Å². The first-order valence-electron chi connectivity index (χ1n) is 3.60. The van der Waals surface area contributed by atoms with Crippen molar-refractivity contribution in [2.24, 2.45) is 0 Å². The predicted molar refractivity (Wildman–Crippen MR) is 59.7 cm³/mol. The molecule has 0 bridgehead atoms. The normalized spacial score (nSPS) is 11.5. The van der Waals surface area contributed by atoms with Gasteiger partial charge in [-0.15, -0.1) is 0 Å². The molecule has 0 saturated carbocycles. The SMILES string of the molecule is N#Cc1cc(S(=O)(=O)Cl)nc(C(F)F)c1I.